The lowest BCUT2D eigenvalue weighted by Crippen LogP contribution is -2.49. The van der Waals surface area contributed by atoms with Gasteiger partial charge in [0.25, 0.3) is 0 Å². The van der Waals surface area contributed by atoms with E-state index in [1.54, 1.807) is 25.4 Å². The van der Waals surface area contributed by atoms with Crippen molar-refractivity contribution in [3.8, 4) is 0 Å². The van der Waals surface area contributed by atoms with Crippen molar-refractivity contribution in [2.75, 3.05) is 0 Å². The van der Waals surface area contributed by atoms with E-state index in [2.05, 4.69) is 15.6 Å². The minimum atomic E-state index is -1.02. The summed E-state index contributed by atoms with van der Waals surface area (Å²) in [5, 5.41) is 14.3. The van der Waals surface area contributed by atoms with Crippen molar-refractivity contribution in [2.45, 2.75) is 39.3 Å². The zero-order valence-corrected chi connectivity index (χ0v) is 12.0. The van der Waals surface area contributed by atoms with Gasteiger partial charge < -0.3 is 15.7 Å². The minimum absolute atomic E-state index is 0.132. The summed E-state index contributed by atoms with van der Waals surface area (Å²) in [5.41, 5.74) is 0.859. The van der Waals surface area contributed by atoms with Crippen molar-refractivity contribution >= 4 is 12.0 Å². The first-order valence-electron chi connectivity index (χ1n) is 6.65. The summed E-state index contributed by atoms with van der Waals surface area (Å²) in [6.45, 7) is 5.50. The van der Waals surface area contributed by atoms with Crippen molar-refractivity contribution in [3.63, 3.8) is 0 Å². The van der Waals surface area contributed by atoms with Gasteiger partial charge in [0, 0.05) is 12.4 Å². The Kier molecular flexibility index (Phi) is 5.96. The number of nitrogens with zero attached hydrogens (tertiary/aromatic N) is 1. The molecule has 1 aromatic rings. The van der Waals surface area contributed by atoms with Gasteiger partial charge in [-0.3, -0.25) is 4.98 Å². The van der Waals surface area contributed by atoms with Gasteiger partial charge in [0.05, 0.1) is 6.04 Å². The molecule has 1 aromatic heterocycles. The Morgan fingerprint density at radius 3 is 2.55 bits per heavy atom. The standard InChI is InChI=1S/C14H21N3O3/c1-4-9(2)12(13(18)19)17-14(20)16-10(3)11-6-5-7-15-8-11/h5-10,12H,4H2,1-3H3,(H,18,19)(H2,16,17,20)/t9?,10?,12-/m0/s1. The Hall–Kier alpha value is -2.11. The van der Waals surface area contributed by atoms with Crippen LogP contribution in [0.2, 0.25) is 0 Å². The molecule has 1 heterocycles. The van der Waals surface area contributed by atoms with E-state index >= 15 is 0 Å². The zero-order valence-electron chi connectivity index (χ0n) is 12.0. The molecule has 0 spiro atoms. The number of aliphatic carboxylic acids is 1. The molecule has 0 bridgehead atoms. The predicted octanol–water partition coefficient (Wildman–Crippen LogP) is 1.94. The summed E-state index contributed by atoms with van der Waals surface area (Å²) >= 11 is 0. The number of carboxylic acid groups (broad SMARTS) is 1. The quantitative estimate of drug-likeness (QED) is 0.742. The molecule has 0 saturated carbocycles. The van der Waals surface area contributed by atoms with Crippen molar-refractivity contribution in [2.24, 2.45) is 5.92 Å². The van der Waals surface area contributed by atoms with Crippen molar-refractivity contribution in [1.29, 1.82) is 0 Å². The van der Waals surface area contributed by atoms with Crippen LogP contribution < -0.4 is 10.6 Å². The number of carbonyl (C=O) groups is 2. The first-order chi connectivity index (χ1) is 9.45. The monoisotopic (exact) mass is 279 g/mol. The topological polar surface area (TPSA) is 91.3 Å². The summed E-state index contributed by atoms with van der Waals surface area (Å²) in [5.74, 6) is -1.16. The summed E-state index contributed by atoms with van der Waals surface area (Å²) < 4.78 is 0. The minimum Gasteiger partial charge on any atom is -0.480 e. The molecule has 0 aromatic carbocycles. The first kappa shape index (κ1) is 15.9. The Labute approximate surface area is 118 Å². The smallest absolute Gasteiger partial charge is 0.326 e. The highest BCUT2D eigenvalue weighted by Gasteiger charge is 2.25. The second-order valence-corrected chi connectivity index (χ2v) is 4.83. The molecule has 1 rings (SSSR count). The van der Waals surface area contributed by atoms with Crippen molar-refractivity contribution in [1.82, 2.24) is 15.6 Å². The Morgan fingerprint density at radius 2 is 2.05 bits per heavy atom. The lowest BCUT2D eigenvalue weighted by atomic mass is 9.99. The molecule has 3 N–H and O–H groups in total. The third kappa shape index (κ3) is 4.53. The molecule has 2 amide bonds. The summed E-state index contributed by atoms with van der Waals surface area (Å²) in [7, 11) is 0. The van der Waals surface area contributed by atoms with E-state index in [9.17, 15) is 9.59 Å². The van der Waals surface area contributed by atoms with E-state index in [0.717, 1.165) is 5.56 Å². The van der Waals surface area contributed by atoms with Crippen LogP contribution in [0.1, 0.15) is 38.8 Å². The van der Waals surface area contributed by atoms with Gasteiger partial charge in [-0.2, -0.15) is 0 Å². The molecule has 20 heavy (non-hydrogen) atoms. The number of urea groups is 1. The first-order valence-corrected chi connectivity index (χ1v) is 6.65. The maximum Gasteiger partial charge on any atom is 0.326 e. The van der Waals surface area contributed by atoms with Crippen LogP contribution in [0.3, 0.4) is 0 Å². The average Bonchev–Trinajstić information content (AvgIpc) is 2.44. The van der Waals surface area contributed by atoms with Gasteiger partial charge in [-0.05, 0) is 24.5 Å². The summed E-state index contributed by atoms with van der Waals surface area (Å²) in [6, 6.07) is 2.01. The van der Waals surface area contributed by atoms with E-state index in [-0.39, 0.29) is 12.0 Å². The molecular formula is C14H21N3O3. The van der Waals surface area contributed by atoms with Gasteiger partial charge in [0.1, 0.15) is 6.04 Å². The van der Waals surface area contributed by atoms with Gasteiger partial charge >= 0.3 is 12.0 Å². The lowest BCUT2D eigenvalue weighted by molar-refractivity contribution is -0.140. The number of carboxylic acids is 1. The van der Waals surface area contributed by atoms with Crippen molar-refractivity contribution < 1.29 is 14.7 Å². The van der Waals surface area contributed by atoms with Crippen LogP contribution in [-0.2, 0) is 4.79 Å². The van der Waals surface area contributed by atoms with Gasteiger partial charge in [0.15, 0.2) is 0 Å². The molecule has 0 aliphatic heterocycles. The number of rotatable bonds is 6. The van der Waals surface area contributed by atoms with Crippen molar-refractivity contribution in [3.05, 3.63) is 30.1 Å². The van der Waals surface area contributed by atoms with Crippen LogP contribution in [0, 0.1) is 5.92 Å². The highest BCUT2D eigenvalue weighted by atomic mass is 16.4. The van der Waals surface area contributed by atoms with E-state index in [1.807, 2.05) is 19.9 Å². The molecular weight excluding hydrogens is 258 g/mol. The van der Waals surface area contributed by atoms with Gasteiger partial charge in [0.2, 0.25) is 0 Å². The number of hydrogen-bond acceptors (Lipinski definition) is 3. The number of nitrogens with one attached hydrogen (secondary N) is 2. The van der Waals surface area contributed by atoms with Crippen LogP contribution in [-0.4, -0.2) is 28.1 Å². The van der Waals surface area contributed by atoms with Crippen LogP contribution in [0.5, 0.6) is 0 Å². The molecule has 2 unspecified atom stereocenters. The number of hydrogen-bond donors (Lipinski definition) is 3. The fourth-order valence-corrected chi connectivity index (χ4v) is 1.78. The third-order valence-electron chi connectivity index (χ3n) is 3.30. The molecule has 3 atom stereocenters. The van der Waals surface area contributed by atoms with Gasteiger partial charge in [-0.25, -0.2) is 9.59 Å². The number of aromatic nitrogens is 1. The molecule has 0 fully saturated rings. The maximum absolute atomic E-state index is 11.9. The molecule has 0 aliphatic rings. The highest BCUT2D eigenvalue weighted by Crippen LogP contribution is 2.11. The van der Waals surface area contributed by atoms with E-state index in [0.29, 0.717) is 6.42 Å². The van der Waals surface area contributed by atoms with Crippen LogP contribution in [0.25, 0.3) is 0 Å². The molecule has 0 aliphatic carbocycles. The fourth-order valence-electron chi connectivity index (χ4n) is 1.78. The molecule has 110 valence electrons. The largest absolute Gasteiger partial charge is 0.480 e. The molecule has 6 heteroatoms. The average molecular weight is 279 g/mol. The number of amides is 2. The molecule has 0 radical (unpaired) electrons. The predicted molar refractivity (Wildman–Crippen MR) is 75.2 cm³/mol. The molecule has 0 saturated heterocycles. The number of carbonyl (C=O) groups excluding carboxylic acids is 1. The summed E-state index contributed by atoms with van der Waals surface area (Å²) in [6.07, 6.45) is 3.99. The fraction of sp³-hybridized carbons (Fsp3) is 0.500. The molecule has 6 nitrogen and oxygen atoms in total. The zero-order chi connectivity index (χ0) is 15.1. The normalized spacial score (nSPS) is 14.9. The Morgan fingerprint density at radius 1 is 1.35 bits per heavy atom. The highest BCUT2D eigenvalue weighted by molar-refractivity contribution is 5.82. The van der Waals surface area contributed by atoms with E-state index in [1.165, 1.54) is 0 Å². The third-order valence-corrected chi connectivity index (χ3v) is 3.30. The van der Waals surface area contributed by atoms with Gasteiger partial charge in [-0.15, -0.1) is 0 Å². The maximum atomic E-state index is 11.9. The van der Waals surface area contributed by atoms with E-state index < -0.39 is 18.0 Å². The van der Waals surface area contributed by atoms with Crippen LogP contribution in [0.15, 0.2) is 24.5 Å². The second kappa shape index (κ2) is 7.47. The van der Waals surface area contributed by atoms with Gasteiger partial charge in [-0.1, -0.05) is 26.3 Å². The van der Waals surface area contributed by atoms with Crippen LogP contribution in [0.4, 0.5) is 4.79 Å². The van der Waals surface area contributed by atoms with E-state index in [4.69, 9.17) is 5.11 Å². The number of pyridine rings is 1. The Balaban J connectivity index is 2.60. The summed E-state index contributed by atoms with van der Waals surface area (Å²) in [4.78, 5) is 27.0. The lowest BCUT2D eigenvalue weighted by Gasteiger charge is -2.22. The second-order valence-electron chi connectivity index (χ2n) is 4.83. The SMILES string of the molecule is CCC(C)[C@H](NC(=O)NC(C)c1cccnc1)C(=O)O. The Bertz CT molecular complexity index is 450. The van der Waals surface area contributed by atoms with Crippen LogP contribution >= 0.6 is 0 Å².